The number of hydrogen-bond acceptors (Lipinski definition) is 3. The second-order valence-electron chi connectivity index (χ2n) is 1.84. The van der Waals surface area contributed by atoms with E-state index in [1.807, 2.05) is 5.38 Å². The van der Waals surface area contributed by atoms with Crippen molar-refractivity contribution in [2.75, 3.05) is 6.54 Å². The molecule has 1 rings (SSSR count). The second kappa shape index (κ2) is 4.05. The van der Waals surface area contributed by atoms with Crippen LogP contribution in [-0.4, -0.2) is 11.5 Å². The van der Waals surface area contributed by atoms with Crippen LogP contribution in [0, 0.1) is 0 Å². The van der Waals surface area contributed by atoms with Crippen LogP contribution in [0.25, 0.3) is 0 Å². The Morgan fingerprint density at radius 2 is 2.60 bits per heavy atom. The summed E-state index contributed by atoms with van der Waals surface area (Å²) in [7, 11) is 0. The van der Waals surface area contributed by atoms with Gasteiger partial charge in [0.25, 0.3) is 0 Å². The van der Waals surface area contributed by atoms with Crippen LogP contribution in [0.4, 0.5) is 0 Å². The van der Waals surface area contributed by atoms with Crippen LogP contribution in [0.1, 0.15) is 11.9 Å². The smallest absolute Gasteiger partial charge is 0.117 e. The third-order valence-corrected chi connectivity index (χ3v) is 2.61. The van der Waals surface area contributed by atoms with Crippen molar-refractivity contribution < 1.29 is 0 Å². The van der Waals surface area contributed by atoms with E-state index in [0.29, 0.717) is 0 Å². The van der Waals surface area contributed by atoms with Crippen LogP contribution in [0.5, 0.6) is 0 Å². The Labute approximate surface area is 72.8 Å². The zero-order chi connectivity index (χ0) is 7.40. The molecular formula is C6H9BrN2S. The molecule has 0 bridgehead atoms. The molecule has 2 nitrogen and oxygen atoms in total. The molecule has 1 aromatic heterocycles. The van der Waals surface area contributed by atoms with Crippen molar-refractivity contribution in [1.29, 1.82) is 0 Å². The molecule has 0 aliphatic rings. The molecule has 1 heterocycles. The lowest BCUT2D eigenvalue weighted by Gasteiger charge is -1.93. The highest BCUT2D eigenvalue weighted by Gasteiger charge is 1.96. The average Bonchev–Trinajstić information content (AvgIpc) is 2.31. The van der Waals surface area contributed by atoms with Gasteiger partial charge in [-0.3, -0.25) is 0 Å². The third-order valence-electron chi connectivity index (χ3n) is 1.05. The van der Waals surface area contributed by atoms with E-state index in [2.05, 4.69) is 33.2 Å². The molecule has 0 aromatic carbocycles. The quantitative estimate of drug-likeness (QED) is 0.844. The van der Waals surface area contributed by atoms with E-state index in [1.165, 1.54) is 0 Å². The molecule has 10 heavy (non-hydrogen) atoms. The topological polar surface area (TPSA) is 24.9 Å². The summed E-state index contributed by atoms with van der Waals surface area (Å²) in [6.07, 6.45) is 0. The summed E-state index contributed by atoms with van der Waals surface area (Å²) in [5.74, 6) is 0. The molecule has 0 fully saturated rings. The number of nitrogens with one attached hydrogen (secondary N) is 1. The van der Waals surface area contributed by atoms with E-state index in [0.717, 1.165) is 22.7 Å². The fourth-order valence-electron chi connectivity index (χ4n) is 0.602. The fourth-order valence-corrected chi connectivity index (χ4v) is 1.84. The fraction of sp³-hybridized carbons (Fsp3) is 0.500. The minimum absolute atomic E-state index is 0.882. The van der Waals surface area contributed by atoms with Gasteiger partial charge in [-0.05, 0) is 22.5 Å². The Kier molecular flexibility index (Phi) is 3.31. The van der Waals surface area contributed by atoms with Crippen LogP contribution in [0.2, 0.25) is 0 Å². The predicted molar refractivity (Wildman–Crippen MR) is 47.2 cm³/mol. The normalized spacial score (nSPS) is 10.2. The standard InChI is InChI=1S/C6H9BrN2S/c1-2-8-3-6-9-5(7)4-10-6/h4,8H,2-3H2,1H3. The van der Waals surface area contributed by atoms with Gasteiger partial charge in [0.05, 0.1) is 0 Å². The molecule has 0 aliphatic carbocycles. The van der Waals surface area contributed by atoms with Gasteiger partial charge in [0.2, 0.25) is 0 Å². The first-order chi connectivity index (χ1) is 4.83. The Balaban J connectivity index is 2.42. The Hall–Kier alpha value is 0.0700. The van der Waals surface area contributed by atoms with Crippen LogP contribution in [0.3, 0.4) is 0 Å². The largest absolute Gasteiger partial charge is 0.311 e. The van der Waals surface area contributed by atoms with Gasteiger partial charge in [0, 0.05) is 11.9 Å². The highest BCUT2D eigenvalue weighted by molar-refractivity contribution is 9.10. The van der Waals surface area contributed by atoms with Crippen LogP contribution in [-0.2, 0) is 6.54 Å². The summed E-state index contributed by atoms with van der Waals surface area (Å²) in [5.41, 5.74) is 0. The first-order valence-electron chi connectivity index (χ1n) is 3.13. The maximum atomic E-state index is 4.22. The Morgan fingerprint density at radius 3 is 3.10 bits per heavy atom. The monoisotopic (exact) mass is 220 g/mol. The van der Waals surface area contributed by atoms with E-state index in [9.17, 15) is 0 Å². The van der Waals surface area contributed by atoms with Crippen LogP contribution < -0.4 is 5.32 Å². The molecule has 4 heteroatoms. The van der Waals surface area contributed by atoms with E-state index < -0.39 is 0 Å². The van der Waals surface area contributed by atoms with Crippen LogP contribution in [0.15, 0.2) is 9.98 Å². The van der Waals surface area contributed by atoms with Gasteiger partial charge in [-0.15, -0.1) is 11.3 Å². The highest BCUT2D eigenvalue weighted by atomic mass is 79.9. The Bertz CT molecular complexity index is 199. The lowest BCUT2D eigenvalue weighted by Crippen LogP contribution is -2.11. The molecule has 0 amide bonds. The minimum Gasteiger partial charge on any atom is -0.311 e. The van der Waals surface area contributed by atoms with E-state index in [-0.39, 0.29) is 0 Å². The number of thiazole rings is 1. The molecule has 0 spiro atoms. The SMILES string of the molecule is CCNCc1nc(Br)cs1. The number of rotatable bonds is 3. The molecule has 0 aliphatic heterocycles. The van der Waals surface area contributed by atoms with Gasteiger partial charge in [0.1, 0.15) is 9.61 Å². The van der Waals surface area contributed by atoms with Crippen molar-refractivity contribution in [2.45, 2.75) is 13.5 Å². The van der Waals surface area contributed by atoms with E-state index >= 15 is 0 Å². The maximum Gasteiger partial charge on any atom is 0.117 e. The van der Waals surface area contributed by atoms with E-state index in [4.69, 9.17) is 0 Å². The van der Waals surface area contributed by atoms with Gasteiger partial charge in [-0.1, -0.05) is 6.92 Å². The van der Waals surface area contributed by atoms with Gasteiger partial charge < -0.3 is 5.32 Å². The molecule has 1 aromatic rings. The Morgan fingerprint density at radius 1 is 1.80 bits per heavy atom. The van der Waals surface area contributed by atoms with E-state index in [1.54, 1.807) is 11.3 Å². The number of hydrogen-bond donors (Lipinski definition) is 1. The summed E-state index contributed by atoms with van der Waals surface area (Å²) in [6, 6.07) is 0. The molecule has 56 valence electrons. The van der Waals surface area contributed by atoms with Gasteiger partial charge in [-0.25, -0.2) is 4.98 Å². The van der Waals surface area contributed by atoms with Crippen molar-refractivity contribution in [1.82, 2.24) is 10.3 Å². The molecule has 1 N–H and O–H groups in total. The van der Waals surface area contributed by atoms with Gasteiger partial charge >= 0.3 is 0 Å². The molecule has 0 saturated carbocycles. The first kappa shape index (κ1) is 8.17. The number of halogens is 1. The van der Waals surface area contributed by atoms with Crippen molar-refractivity contribution in [3.63, 3.8) is 0 Å². The lowest BCUT2D eigenvalue weighted by molar-refractivity contribution is 0.722. The summed E-state index contributed by atoms with van der Waals surface area (Å²) in [6.45, 7) is 3.96. The minimum atomic E-state index is 0.882. The number of aromatic nitrogens is 1. The zero-order valence-electron chi connectivity index (χ0n) is 5.72. The zero-order valence-corrected chi connectivity index (χ0v) is 8.13. The molecule has 0 saturated heterocycles. The predicted octanol–water partition coefficient (Wildman–Crippen LogP) is 2.02. The molecule has 0 atom stereocenters. The second-order valence-corrected chi connectivity index (χ2v) is 3.60. The summed E-state index contributed by atoms with van der Waals surface area (Å²) < 4.78 is 0.936. The van der Waals surface area contributed by atoms with Gasteiger partial charge in [0.15, 0.2) is 0 Å². The van der Waals surface area contributed by atoms with Crippen molar-refractivity contribution in [3.8, 4) is 0 Å². The van der Waals surface area contributed by atoms with Crippen LogP contribution >= 0.6 is 27.3 Å². The highest BCUT2D eigenvalue weighted by Crippen LogP contribution is 2.13. The van der Waals surface area contributed by atoms with Gasteiger partial charge in [-0.2, -0.15) is 0 Å². The van der Waals surface area contributed by atoms with Crippen molar-refractivity contribution in [2.24, 2.45) is 0 Å². The average molecular weight is 221 g/mol. The summed E-state index contributed by atoms with van der Waals surface area (Å²) in [4.78, 5) is 4.22. The number of nitrogens with zero attached hydrogens (tertiary/aromatic N) is 1. The molecular weight excluding hydrogens is 212 g/mol. The van der Waals surface area contributed by atoms with Crippen molar-refractivity contribution in [3.05, 3.63) is 15.0 Å². The first-order valence-corrected chi connectivity index (χ1v) is 4.81. The summed E-state index contributed by atoms with van der Waals surface area (Å²) >= 11 is 4.96. The summed E-state index contributed by atoms with van der Waals surface area (Å²) in [5, 5.41) is 6.33. The molecule has 0 unspecified atom stereocenters. The molecule has 0 radical (unpaired) electrons. The lowest BCUT2D eigenvalue weighted by atomic mass is 10.6. The third kappa shape index (κ3) is 2.36. The maximum absolute atomic E-state index is 4.22. The van der Waals surface area contributed by atoms with Crippen molar-refractivity contribution >= 4 is 27.3 Å².